The van der Waals surface area contributed by atoms with Gasteiger partial charge in [0.05, 0.1) is 29.6 Å². The first kappa shape index (κ1) is 19.0. The number of carbonyl (C=O) groups excluding carboxylic acids is 2. The Labute approximate surface area is 176 Å². The Hall–Kier alpha value is -4.00. The van der Waals surface area contributed by atoms with Crippen LogP contribution >= 0.6 is 0 Å². The molecule has 0 aliphatic carbocycles. The standard InChI is InChI=1S/C24H19NO6/c1-3-28-23(26)25-17-11-7-5-9-14(17)16-13-19(31-24(27)29-4-2)22-20(21(16)25)15-10-6-8-12-18(15)30-22/h5-13H,3-4H2,1-2H3. The zero-order chi connectivity index (χ0) is 21.5. The molecule has 0 saturated heterocycles. The maximum absolute atomic E-state index is 13.0. The molecular formula is C24H19NO6. The number of rotatable bonds is 3. The fourth-order valence-corrected chi connectivity index (χ4v) is 4.00. The van der Waals surface area contributed by atoms with Crippen molar-refractivity contribution in [2.75, 3.05) is 13.2 Å². The molecule has 0 radical (unpaired) electrons. The van der Waals surface area contributed by atoms with Gasteiger partial charge in [0, 0.05) is 16.2 Å². The second kappa shape index (κ2) is 7.36. The van der Waals surface area contributed by atoms with E-state index in [2.05, 4.69) is 0 Å². The number of ether oxygens (including phenoxy) is 3. The molecule has 5 rings (SSSR count). The Kier molecular flexibility index (Phi) is 4.51. The summed E-state index contributed by atoms with van der Waals surface area (Å²) >= 11 is 0. The summed E-state index contributed by atoms with van der Waals surface area (Å²) < 4.78 is 23.4. The lowest BCUT2D eigenvalue weighted by molar-refractivity contribution is 0.104. The van der Waals surface area contributed by atoms with Crippen LogP contribution in [0.3, 0.4) is 0 Å². The summed E-state index contributed by atoms with van der Waals surface area (Å²) in [4.78, 5) is 25.1. The maximum Gasteiger partial charge on any atom is 0.513 e. The van der Waals surface area contributed by atoms with Gasteiger partial charge in [-0.15, -0.1) is 0 Å². The Bertz CT molecular complexity index is 1480. The Morgan fingerprint density at radius 2 is 1.61 bits per heavy atom. The van der Waals surface area contributed by atoms with Crippen LogP contribution in [-0.4, -0.2) is 30.0 Å². The molecular weight excluding hydrogens is 398 g/mol. The molecule has 156 valence electrons. The number of benzene rings is 3. The minimum absolute atomic E-state index is 0.187. The molecule has 2 aromatic heterocycles. The highest BCUT2D eigenvalue weighted by molar-refractivity contribution is 6.27. The van der Waals surface area contributed by atoms with Gasteiger partial charge >= 0.3 is 12.2 Å². The van der Waals surface area contributed by atoms with Gasteiger partial charge in [0.1, 0.15) is 5.58 Å². The molecule has 7 heteroatoms. The van der Waals surface area contributed by atoms with Gasteiger partial charge < -0.3 is 18.6 Å². The number of nitrogens with zero attached hydrogens (tertiary/aromatic N) is 1. The molecule has 0 aliphatic heterocycles. The van der Waals surface area contributed by atoms with Crippen LogP contribution in [0.1, 0.15) is 13.8 Å². The molecule has 0 atom stereocenters. The number of carbonyl (C=O) groups is 2. The lowest BCUT2D eigenvalue weighted by Gasteiger charge is -2.08. The van der Waals surface area contributed by atoms with Crippen LogP contribution in [0.15, 0.2) is 59.0 Å². The van der Waals surface area contributed by atoms with Crippen molar-refractivity contribution in [3.05, 3.63) is 54.6 Å². The number of hydrogen-bond donors (Lipinski definition) is 0. The van der Waals surface area contributed by atoms with E-state index in [1.54, 1.807) is 24.5 Å². The van der Waals surface area contributed by atoms with Gasteiger partial charge in [0.2, 0.25) is 0 Å². The van der Waals surface area contributed by atoms with Crippen LogP contribution in [-0.2, 0) is 9.47 Å². The monoisotopic (exact) mass is 417 g/mol. The van der Waals surface area contributed by atoms with Crippen molar-refractivity contribution in [3.63, 3.8) is 0 Å². The second-order valence-electron chi connectivity index (χ2n) is 6.91. The normalized spacial score (nSPS) is 11.4. The van der Waals surface area contributed by atoms with E-state index in [0.29, 0.717) is 27.6 Å². The fraction of sp³-hybridized carbons (Fsp3) is 0.167. The van der Waals surface area contributed by atoms with Crippen LogP contribution in [0.5, 0.6) is 5.75 Å². The first-order valence-electron chi connectivity index (χ1n) is 10.0. The van der Waals surface area contributed by atoms with Gasteiger partial charge in [-0.3, -0.25) is 0 Å². The lowest BCUT2D eigenvalue weighted by atomic mass is 10.1. The van der Waals surface area contributed by atoms with Crippen molar-refractivity contribution in [2.45, 2.75) is 13.8 Å². The molecule has 0 aliphatic rings. The average Bonchev–Trinajstić information content (AvgIpc) is 3.30. The van der Waals surface area contributed by atoms with Crippen LogP contribution in [0.25, 0.3) is 43.7 Å². The molecule has 0 saturated carbocycles. The molecule has 0 bridgehead atoms. The number of aromatic nitrogens is 1. The SMILES string of the molecule is CCOC(=O)Oc1cc2c3ccccc3n(C(=O)OCC)c2c2c1oc1ccccc12. The van der Waals surface area contributed by atoms with E-state index in [9.17, 15) is 9.59 Å². The molecule has 0 spiro atoms. The van der Waals surface area contributed by atoms with Gasteiger partial charge in [0.25, 0.3) is 0 Å². The fourth-order valence-electron chi connectivity index (χ4n) is 4.00. The van der Waals surface area contributed by atoms with Crippen molar-refractivity contribution in [1.82, 2.24) is 4.57 Å². The van der Waals surface area contributed by atoms with E-state index in [0.717, 1.165) is 16.2 Å². The number of para-hydroxylation sites is 2. The average molecular weight is 417 g/mol. The lowest BCUT2D eigenvalue weighted by Crippen LogP contribution is -2.13. The molecule has 7 nitrogen and oxygen atoms in total. The summed E-state index contributed by atoms with van der Waals surface area (Å²) in [5.74, 6) is 0.226. The minimum Gasteiger partial charge on any atom is -0.452 e. The first-order valence-corrected chi connectivity index (χ1v) is 10.0. The van der Waals surface area contributed by atoms with Gasteiger partial charge in [-0.25, -0.2) is 14.2 Å². The van der Waals surface area contributed by atoms with Gasteiger partial charge in [0.15, 0.2) is 11.3 Å². The van der Waals surface area contributed by atoms with E-state index in [4.69, 9.17) is 18.6 Å². The van der Waals surface area contributed by atoms with Gasteiger partial charge in [-0.2, -0.15) is 0 Å². The van der Waals surface area contributed by atoms with E-state index in [1.165, 1.54) is 0 Å². The Morgan fingerprint density at radius 1 is 0.903 bits per heavy atom. The van der Waals surface area contributed by atoms with Crippen molar-refractivity contribution in [2.24, 2.45) is 0 Å². The Morgan fingerprint density at radius 3 is 2.39 bits per heavy atom. The van der Waals surface area contributed by atoms with Crippen LogP contribution in [0.4, 0.5) is 9.59 Å². The van der Waals surface area contributed by atoms with Crippen LogP contribution < -0.4 is 4.74 Å². The van der Waals surface area contributed by atoms with Crippen LogP contribution in [0.2, 0.25) is 0 Å². The van der Waals surface area contributed by atoms with Gasteiger partial charge in [-0.05, 0) is 32.0 Å². The first-order chi connectivity index (χ1) is 15.1. The topological polar surface area (TPSA) is 79.9 Å². The van der Waals surface area contributed by atoms with Crippen molar-refractivity contribution < 1.29 is 28.2 Å². The molecule has 2 heterocycles. The Balaban J connectivity index is 1.97. The predicted octanol–water partition coefficient (Wildman–Crippen LogP) is 6.23. The maximum atomic E-state index is 13.0. The molecule has 0 amide bonds. The summed E-state index contributed by atoms with van der Waals surface area (Å²) in [5, 5.41) is 3.02. The second-order valence-corrected chi connectivity index (χ2v) is 6.91. The number of furan rings is 1. The molecule has 5 aromatic rings. The van der Waals surface area contributed by atoms with Crippen molar-refractivity contribution in [3.8, 4) is 5.75 Å². The van der Waals surface area contributed by atoms with E-state index in [-0.39, 0.29) is 19.0 Å². The smallest absolute Gasteiger partial charge is 0.452 e. The summed E-state index contributed by atoms with van der Waals surface area (Å²) in [6.07, 6.45) is -1.31. The zero-order valence-electron chi connectivity index (χ0n) is 17.0. The van der Waals surface area contributed by atoms with Crippen LogP contribution in [0, 0.1) is 0 Å². The highest BCUT2D eigenvalue weighted by Crippen LogP contribution is 2.43. The third-order valence-electron chi connectivity index (χ3n) is 5.15. The van der Waals surface area contributed by atoms with E-state index in [1.807, 2.05) is 48.5 Å². The molecule has 0 fully saturated rings. The summed E-state index contributed by atoms with van der Waals surface area (Å²) in [5.41, 5.74) is 2.29. The summed E-state index contributed by atoms with van der Waals surface area (Å²) in [7, 11) is 0. The molecule has 0 unspecified atom stereocenters. The highest BCUT2D eigenvalue weighted by atomic mass is 16.7. The van der Waals surface area contributed by atoms with Crippen molar-refractivity contribution in [1.29, 1.82) is 0 Å². The predicted molar refractivity (Wildman–Crippen MR) is 117 cm³/mol. The highest BCUT2D eigenvalue weighted by Gasteiger charge is 2.25. The van der Waals surface area contributed by atoms with Crippen molar-refractivity contribution >= 4 is 56.0 Å². The quantitative estimate of drug-likeness (QED) is 0.256. The zero-order valence-corrected chi connectivity index (χ0v) is 17.0. The van der Waals surface area contributed by atoms with Gasteiger partial charge in [-0.1, -0.05) is 36.4 Å². The molecule has 31 heavy (non-hydrogen) atoms. The van der Waals surface area contributed by atoms with E-state index < -0.39 is 12.2 Å². The molecule has 0 N–H and O–H groups in total. The molecule has 3 aromatic carbocycles. The third-order valence-corrected chi connectivity index (χ3v) is 5.15. The number of hydrogen-bond acceptors (Lipinski definition) is 6. The third kappa shape index (κ3) is 2.89. The van der Waals surface area contributed by atoms with E-state index >= 15 is 0 Å². The largest absolute Gasteiger partial charge is 0.513 e. The summed E-state index contributed by atoms with van der Waals surface area (Å²) in [6.45, 7) is 3.90. The summed E-state index contributed by atoms with van der Waals surface area (Å²) in [6, 6.07) is 16.7. The minimum atomic E-state index is -0.822. The number of fused-ring (bicyclic) bond motifs is 7.